The molecule has 4 aromatic rings. The van der Waals surface area contributed by atoms with E-state index in [1.807, 2.05) is 38.1 Å². The Balaban J connectivity index is 1.54. The lowest BCUT2D eigenvalue weighted by Crippen LogP contribution is -2.50. The second-order valence-corrected chi connectivity index (χ2v) is 12.1. The first-order valence-corrected chi connectivity index (χ1v) is 14.7. The highest BCUT2D eigenvalue weighted by Crippen LogP contribution is 2.25. The Hall–Kier alpha value is -4.57. The number of hydrogen-bond donors (Lipinski definition) is 3. The van der Waals surface area contributed by atoms with Gasteiger partial charge in [0.15, 0.2) is 0 Å². The van der Waals surface area contributed by atoms with Crippen molar-refractivity contribution < 1.29 is 27.9 Å². The van der Waals surface area contributed by atoms with Crippen molar-refractivity contribution in [1.29, 1.82) is 5.26 Å². The summed E-state index contributed by atoms with van der Waals surface area (Å²) < 4.78 is 33.9. The highest BCUT2D eigenvalue weighted by molar-refractivity contribution is 7.89. The van der Waals surface area contributed by atoms with Crippen LogP contribution < -0.4 is 5.32 Å². The Morgan fingerprint density at radius 2 is 1.64 bits per heavy atom. The van der Waals surface area contributed by atoms with Crippen molar-refractivity contribution in [3.63, 3.8) is 0 Å². The van der Waals surface area contributed by atoms with Gasteiger partial charge in [-0.3, -0.25) is 0 Å². The van der Waals surface area contributed by atoms with Gasteiger partial charge in [0.25, 0.3) is 5.89 Å². The molecular formula is C30H31N5O6S. The Labute approximate surface area is 244 Å². The summed E-state index contributed by atoms with van der Waals surface area (Å²) in [5, 5.41) is 35.7. The van der Waals surface area contributed by atoms with E-state index in [1.165, 1.54) is 16.4 Å². The van der Waals surface area contributed by atoms with Gasteiger partial charge >= 0.3 is 6.09 Å². The zero-order chi connectivity index (χ0) is 30.3. The molecule has 0 radical (unpaired) electrons. The number of carbonyl (C=O) groups is 1. The molecule has 0 spiro atoms. The van der Waals surface area contributed by atoms with E-state index in [-0.39, 0.29) is 42.0 Å². The second-order valence-electron chi connectivity index (χ2n) is 10.2. The monoisotopic (exact) mass is 589 g/mol. The summed E-state index contributed by atoms with van der Waals surface area (Å²) in [6, 6.07) is 22.8. The summed E-state index contributed by atoms with van der Waals surface area (Å²) in [5.41, 5.74) is 2.46. The summed E-state index contributed by atoms with van der Waals surface area (Å²) in [5.74, 6) is 0.450. The van der Waals surface area contributed by atoms with Gasteiger partial charge in [0.1, 0.15) is 0 Å². The molecular weight excluding hydrogens is 558 g/mol. The first kappa shape index (κ1) is 30.4. The highest BCUT2D eigenvalue weighted by atomic mass is 32.2. The smallest absolute Gasteiger partial charge is 0.404 e. The number of sulfonamides is 1. The van der Waals surface area contributed by atoms with Crippen LogP contribution in [0.4, 0.5) is 4.79 Å². The van der Waals surface area contributed by atoms with Gasteiger partial charge in [-0.05, 0) is 66.4 Å². The van der Waals surface area contributed by atoms with Crippen LogP contribution in [0.2, 0.25) is 0 Å². The van der Waals surface area contributed by atoms with Crippen molar-refractivity contribution in [3.05, 3.63) is 90.0 Å². The van der Waals surface area contributed by atoms with E-state index in [2.05, 4.69) is 15.5 Å². The lowest BCUT2D eigenvalue weighted by molar-refractivity contribution is 0.0980. The Bertz CT molecular complexity index is 1630. The molecule has 0 aliphatic carbocycles. The molecule has 42 heavy (non-hydrogen) atoms. The number of nitriles is 1. The molecule has 0 bridgehead atoms. The normalized spacial score (nSPS) is 13.0. The third-order valence-electron chi connectivity index (χ3n) is 6.47. The number of aliphatic hydroxyl groups excluding tert-OH is 1. The summed E-state index contributed by atoms with van der Waals surface area (Å²) in [4.78, 5) is 15.8. The minimum Gasteiger partial charge on any atom is -0.465 e. The number of rotatable bonds is 12. The average molecular weight is 590 g/mol. The number of aromatic nitrogens is 2. The lowest BCUT2D eigenvalue weighted by Gasteiger charge is -2.30. The van der Waals surface area contributed by atoms with E-state index in [0.717, 1.165) is 5.56 Å². The first-order valence-electron chi connectivity index (χ1n) is 13.2. The molecule has 1 heterocycles. The maximum absolute atomic E-state index is 13.7. The fourth-order valence-electron chi connectivity index (χ4n) is 4.39. The van der Waals surface area contributed by atoms with Crippen molar-refractivity contribution in [3.8, 4) is 28.9 Å². The third kappa shape index (κ3) is 7.58. The molecule has 4 rings (SSSR count). The quantitative estimate of drug-likeness (QED) is 0.220. The Morgan fingerprint density at radius 3 is 2.24 bits per heavy atom. The summed E-state index contributed by atoms with van der Waals surface area (Å²) >= 11 is 0. The van der Waals surface area contributed by atoms with Gasteiger partial charge in [-0.25, -0.2) is 13.2 Å². The zero-order valence-electron chi connectivity index (χ0n) is 23.1. The number of nitrogens with zero attached hydrogens (tertiary/aromatic N) is 4. The predicted molar refractivity (Wildman–Crippen MR) is 155 cm³/mol. The van der Waals surface area contributed by atoms with Crippen LogP contribution >= 0.6 is 0 Å². The zero-order valence-corrected chi connectivity index (χ0v) is 23.9. The van der Waals surface area contributed by atoms with Crippen LogP contribution in [0.5, 0.6) is 0 Å². The van der Waals surface area contributed by atoms with Crippen LogP contribution in [-0.2, 0) is 16.4 Å². The average Bonchev–Trinajstić information content (AvgIpc) is 3.47. The maximum Gasteiger partial charge on any atom is 0.404 e. The van der Waals surface area contributed by atoms with E-state index in [4.69, 9.17) is 9.78 Å². The predicted octanol–water partition coefficient (Wildman–Crippen LogP) is 4.16. The van der Waals surface area contributed by atoms with Gasteiger partial charge in [-0.15, -0.1) is 0 Å². The number of hydrogen-bond acceptors (Lipinski definition) is 8. The van der Waals surface area contributed by atoms with Crippen LogP contribution in [0.1, 0.15) is 25.0 Å². The minimum absolute atomic E-state index is 0.000661. The molecule has 3 N–H and O–H groups in total. The van der Waals surface area contributed by atoms with E-state index in [1.54, 1.807) is 48.5 Å². The van der Waals surface area contributed by atoms with Crippen LogP contribution in [0.25, 0.3) is 22.8 Å². The molecule has 0 saturated carbocycles. The molecule has 1 aromatic heterocycles. The molecule has 0 aliphatic rings. The molecule has 2 atom stereocenters. The highest BCUT2D eigenvalue weighted by Gasteiger charge is 2.31. The number of aliphatic hydroxyl groups is 1. The van der Waals surface area contributed by atoms with Gasteiger partial charge in [-0.1, -0.05) is 49.3 Å². The Morgan fingerprint density at radius 1 is 1.00 bits per heavy atom. The third-order valence-corrected chi connectivity index (χ3v) is 8.31. The molecule has 0 aliphatic heterocycles. The Kier molecular flexibility index (Phi) is 9.69. The molecule has 218 valence electrons. The number of carboxylic acid groups (broad SMARTS) is 1. The van der Waals surface area contributed by atoms with Crippen LogP contribution in [-0.4, -0.2) is 64.4 Å². The second kappa shape index (κ2) is 13.4. The van der Waals surface area contributed by atoms with Crippen molar-refractivity contribution in [2.45, 2.75) is 37.3 Å². The molecule has 0 unspecified atom stereocenters. The number of nitrogens with one attached hydrogen (secondary N) is 1. The van der Waals surface area contributed by atoms with Gasteiger partial charge < -0.3 is 20.1 Å². The fourth-order valence-corrected chi connectivity index (χ4v) is 6.02. The minimum atomic E-state index is -4.06. The molecule has 0 saturated heterocycles. The van der Waals surface area contributed by atoms with Gasteiger partial charge in [0.05, 0.1) is 28.7 Å². The number of benzene rings is 3. The summed E-state index contributed by atoms with van der Waals surface area (Å²) in [7, 11) is -4.06. The standard InChI is InChI=1S/C30H31N5O6S/c1-20(2)18-35(19-27(36)26(32-30(37)38)16-21-6-4-3-5-7-21)42(39,40)25-14-12-23(13-15-25)28-33-29(41-34-28)24-10-8-22(17-31)9-11-24/h3-15,20,26-27,32,36H,16,18-19H2,1-2H3,(H,37,38)/t26-,27+/m0/s1. The lowest BCUT2D eigenvalue weighted by atomic mass is 10.0. The van der Waals surface area contributed by atoms with Crippen LogP contribution in [0.15, 0.2) is 88.3 Å². The van der Waals surface area contributed by atoms with E-state index >= 15 is 0 Å². The van der Waals surface area contributed by atoms with Gasteiger partial charge in [0.2, 0.25) is 15.8 Å². The molecule has 3 aromatic carbocycles. The van der Waals surface area contributed by atoms with Crippen LogP contribution in [0, 0.1) is 17.2 Å². The van der Waals surface area contributed by atoms with E-state index in [0.29, 0.717) is 16.7 Å². The topological polar surface area (TPSA) is 170 Å². The molecule has 12 heteroatoms. The summed E-state index contributed by atoms with van der Waals surface area (Å²) in [6.07, 6.45) is -2.44. The SMILES string of the molecule is CC(C)CN(C[C@@H](O)[C@H](Cc1ccccc1)NC(=O)O)S(=O)(=O)c1ccc(-c2noc(-c3ccc(C#N)cc3)n2)cc1. The van der Waals surface area contributed by atoms with Crippen molar-refractivity contribution >= 4 is 16.1 Å². The van der Waals surface area contributed by atoms with E-state index < -0.39 is 28.3 Å². The van der Waals surface area contributed by atoms with E-state index in [9.17, 15) is 23.4 Å². The molecule has 0 fully saturated rings. The summed E-state index contributed by atoms with van der Waals surface area (Å²) in [6.45, 7) is 3.52. The largest absolute Gasteiger partial charge is 0.465 e. The van der Waals surface area contributed by atoms with Crippen molar-refractivity contribution in [2.75, 3.05) is 13.1 Å². The van der Waals surface area contributed by atoms with Gasteiger partial charge in [0, 0.05) is 24.2 Å². The van der Waals surface area contributed by atoms with Crippen molar-refractivity contribution in [2.24, 2.45) is 5.92 Å². The maximum atomic E-state index is 13.7. The van der Waals surface area contributed by atoms with Crippen molar-refractivity contribution in [1.82, 2.24) is 19.8 Å². The fraction of sp³-hybridized carbons (Fsp3) is 0.267. The number of amides is 1. The van der Waals surface area contributed by atoms with Gasteiger partial charge in [-0.2, -0.15) is 14.6 Å². The molecule has 11 nitrogen and oxygen atoms in total. The van der Waals surface area contributed by atoms with Crippen LogP contribution in [0.3, 0.4) is 0 Å². The first-order chi connectivity index (χ1) is 20.1. The molecule has 1 amide bonds.